The summed E-state index contributed by atoms with van der Waals surface area (Å²) in [5, 5.41) is 14.0. The highest BCUT2D eigenvalue weighted by atomic mass is 16.5. The van der Waals surface area contributed by atoms with Crippen LogP contribution >= 0.6 is 0 Å². The third-order valence-corrected chi connectivity index (χ3v) is 5.13. The Hall–Kier alpha value is -3.20. The number of fused-ring (bicyclic) bond motifs is 3. The van der Waals surface area contributed by atoms with E-state index in [1.807, 2.05) is 24.3 Å². The Morgan fingerprint density at radius 2 is 1.88 bits per heavy atom. The van der Waals surface area contributed by atoms with Crippen LogP contribution in [0, 0.1) is 0 Å². The van der Waals surface area contributed by atoms with Gasteiger partial charge in [0.15, 0.2) is 11.4 Å². The minimum absolute atomic E-state index is 0.219. The summed E-state index contributed by atoms with van der Waals surface area (Å²) in [4.78, 5) is 24.4. The lowest BCUT2D eigenvalue weighted by Gasteiger charge is -2.34. The van der Waals surface area contributed by atoms with E-state index in [4.69, 9.17) is 9.73 Å². The third-order valence-electron chi connectivity index (χ3n) is 5.13. The van der Waals surface area contributed by atoms with E-state index in [0.717, 1.165) is 36.3 Å². The Labute approximate surface area is 148 Å². The second-order valence-electron chi connectivity index (χ2n) is 6.56. The van der Waals surface area contributed by atoms with Crippen molar-refractivity contribution in [2.45, 2.75) is 18.5 Å². The van der Waals surface area contributed by atoms with Crippen LogP contribution in [0.1, 0.15) is 16.8 Å². The first-order valence-corrected chi connectivity index (χ1v) is 8.39. The van der Waals surface area contributed by atoms with E-state index in [1.54, 1.807) is 5.48 Å². The molecule has 2 fully saturated rings. The van der Waals surface area contributed by atoms with Crippen LogP contribution in [0.5, 0.6) is 0 Å². The maximum atomic E-state index is 11.4. The molecule has 2 N–H and O–H groups in total. The number of hydroxylamine groups is 1. The summed E-state index contributed by atoms with van der Waals surface area (Å²) in [5.41, 5.74) is 2.59. The number of para-hydroxylation sites is 1. The number of aromatic nitrogens is 3. The molecule has 2 bridgehead atoms. The number of carbonyl (C=O) groups excluding carboxylic acids is 1. The van der Waals surface area contributed by atoms with Crippen molar-refractivity contribution in [3.63, 3.8) is 0 Å². The van der Waals surface area contributed by atoms with E-state index in [1.165, 1.54) is 12.4 Å². The van der Waals surface area contributed by atoms with E-state index >= 15 is 0 Å². The third kappa shape index (κ3) is 2.21. The largest absolute Gasteiger partial charge is 0.354 e. The molecule has 9 heteroatoms. The number of anilines is 2. The first kappa shape index (κ1) is 15.1. The smallest absolute Gasteiger partial charge is 0.277 e. The van der Waals surface area contributed by atoms with Gasteiger partial charge in [-0.15, -0.1) is 0 Å². The zero-order valence-corrected chi connectivity index (χ0v) is 13.7. The molecule has 1 amide bonds. The number of rotatable bonds is 3. The van der Waals surface area contributed by atoms with Gasteiger partial charge in [0.1, 0.15) is 0 Å². The van der Waals surface area contributed by atoms with E-state index in [-0.39, 0.29) is 11.6 Å². The molecular formula is C17H16N6O3. The van der Waals surface area contributed by atoms with E-state index in [2.05, 4.69) is 24.9 Å². The quantitative estimate of drug-likeness (QED) is 0.535. The molecule has 2 aliphatic rings. The van der Waals surface area contributed by atoms with Crippen LogP contribution in [0.3, 0.4) is 0 Å². The summed E-state index contributed by atoms with van der Waals surface area (Å²) in [7, 11) is 0. The molecule has 0 saturated carbocycles. The van der Waals surface area contributed by atoms with Crippen LogP contribution in [0.2, 0.25) is 0 Å². The van der Waals surface area contributed by atoms with Gasteiger partial charge >= 0.3 is 0 Å². The highest BCUT2D eigenvalue weighted by Crippen LogP contribution is 2.38. The fraction of sp³-hybridized carbons (Fsp3) is 0.294. The zero-order chi connectivity index (χ0) is 17.7. The molecule has 2 aromatic heterocycles. The number of hydrogen-bond acceptors (Lipinski definition) is 8. The van der Waals surface area contributed by atoms with E-state index < -0.39 is 5.91 Å². The molecule has 0 radical (unpaired) electrons. The number of carbonyl (C=O) groups is 1. The van der Waals surface area contributed by atoms with Gasteiger partial charge in [-0.1, -0.05) is 17.3 Å². The van der Waals surface area contributed by atoms with Crippen molar-refractivity contribution in [2.75, 3.05) is 22.9 Å². The molecule has 4 heterocycles. The Morgan fingerprint density at radius 3 is 2.62 bits per heavy atom. The fourth-order valence-corrected chi connectivity index (χ4v) is 3.90. The van der Waals surface area contributed by atoms with Crippen molar-refractivity contribution in [1.82, 2.24) is 20.6 Å². The van der Waals surface area contributed by atoms with Gasteiger partial charge in [-0.25, -0.2) is 15.4 Å². The van der Waals surface area contributed by atoms with Crippen molar-refractivity contribution in [2.24, 2.45) is 0 Å². The van der Waals surface area contributed by atoms with Crippen molar-refractivity contribution in [1.29, 1.82) is 0 Å². The molecule has 26 heavy (non-hydrogen) atoms. The van der Waals surface area contributed by atoms with E-state index in [9.17, 15) is 4.79 Å². The molecule has 0 unspecified atom stereocenters. The minimum Gasteiger partial charge on any atom is -0.354 e. The fourth-order valence-electron chi connectivity index (χ4n) is 3.90. The lowest BCUT2D eigenvalue weighted by atomic mass is 10.2. The van der Waals surface area contributed by atoms with Crippen LogP contribution in [0.25, 0.3) is 11.0 Å². The average molecular weight is 352 g/mol. The van der Waals surface area contributed by atoms with E-state index in [0.29, 0.717) is 12.0 Å². The maximum Gasteiger partial charge on any atom is 0.277 e. The van der Waals surface area contributed by atoms with Gasteiger partial charge < -0.3 is 14.3 Å². The molecule has 2 saturated heterocycles. The number of nitrogens with zero attached hydrogens (tertiary/aromatic N) is 5. The van der Waals surface area contributed by atoms with Gasteiger partial charge in [-0.05, 0) is 18.6 Å². The molecule has 132 valence electrons. The van der Waals surface area contributed by atoms with Crippen LogP contribution in [-0.2, 0) is 0 Å². The summed E-state index contributed by atoms with van der Waals surface area (Å²) in [6.45, 7) is 1.61. The second kappa shape index (κ2) is 5.67. The van der Waals surface area contributed by atoms with Crippen LogP contribution < -0.4 is 15.3 Å². The summed E-state index contributed by atoms with van der Waals surface area (Å²) in [5.74, 6) is 0.865. The molecule has 2 atom stereocenters. The van der Waals surface area contributed by atoms with Gasteiger partial charge in [-0.3, -0.25) is 10.0 Å². The van der Waals surface area contributed by atoms with Crippen LogP contribution in [0.15, 0.2) is 41.2 Å². The lowest BCUT2D eigenvalue weighted by molar-refractivity contribution is 0.0705. The topological polar surface area (TPSA) is 108 Å². The Morgan fingerprint density at radius 1 is 1.15 bits per heavy atom. The number of amides is 1. The second-order valence-corrected chi connectivity index (χ2v) is 6.56. The van der Waals surface area contributed by atoms with Crippen LogP contribution in [0.4, 0.5) is 11.8 Å². The standard InChI is InChI=1S/C17H16N6O3/c24-16(20-25)10-6-18-17(19-7-10)23-9-11-5-12(23)8-22(11)15-13-3-1-2-4-14(13)26-21-15/h1-4,6-7,11-12,25H,5,8-9H2,(H,20,24)/t11-,12-/m0/s1. The average Bonchev–Trinajstić information content (AvgIpc) is 3.40. The van der Waals surface area contributed by atoms with Gasteiger partial charge in [0.25, 0.3) is 5.91 Å². The van der Waals surface area contributed by atoms with Crippen molar-refractivity contribution < 1.29 is 14.5 Å². The molecule has 9 nitrogen and oxygen atoms in total. The Balaban J connectivity index is 1.36. The molecule has 1 aromatic carbocycles. The summed E-state index contributed by atoms with van der Waals surface area (Å²) in [6.07, 6.45) is 3.84. The summed E-state index contributed by atoms with van der Waals surface area (Å²) in [6, 6.07) is 8.48. The van der Waals surface area contributed by atoms with Crippen molar-refractivity contribution in [3.05, 3.63) is 42.2 Å². The lowest BCUT2D eigenvalue weighted by Crippen LogP contribution is -2.47. The number of hydrogen-bond donors (Lipinski definition) is 2. The van der Waals surface area contributed by atoms with Gasteiger partial charge in [0, 0.05) is 25.5 Å². The monoisotopic (exact) mass is 352 g/mol. The summed E-state index contributed by atoms with van der Waals surface area (Å²) < 4.78 is 5.44. The predicted molar refractivity (Wildman–Crippen MR) is 92.2 cm³/mol. The van der Waals surface area contributed by atoms with Crippen molar-refractivity contribution >= 4 is 28.6 Å². The van der Waals surface area contributed by atoms with Crippen molar-refractivity contribution in [3.8, 4) is 0 Å². The van der Waals surface area contributed by atoms with Gasteiger partial charge in [-0.2, -0.15) is 0 Å². The highest BCUT2D eigenvalue weighted by molar-refractivity contribution is 5.92. The molecule has 5 rings (SSSR count). The van der Waals surface area contributed by atoms with Gasteiger partial charge in [0.2, 0.25) is 5.95 Å². The highest BCUT2D eigenvalue weighted by Gasteiger charge is 2.45. The predicted octanol–water partition coefficient (Wildman–Crippen LogP) is 1.20. The molecule has 0 aliphatic carbocycles. The number of piperazine rings is 1. The summed E-state index contributed by atoms with van der Waals surface area (Å²) >= 11 is 0. The van der Waals surface area contributed by atoms with Gasteiger partial charge in [0.05, 0.1) is 23.0 Å². The normalized spacial score (nSPS) is 21.6. The first-order valence-electron chi connectivity index (χ1n) is 8.39. The number of benzene rings is 1. The SMILES string of the molecule is O=C(NO)c1cnc(N2C[C@@H]3C[C@H]2CN3c2noc3ccccc23)nc1. The minimum atomic E-state index is -0.622. The van der Waals surface area contributed by atoms with Crippen LogP contribution in [-0.4, -0.2) is 51.4 Å². The molecule has 3 aromatic rings. The molecule has 2 aliphatic heterocycles. The number of nitrogens with one attached hydrogen (secondary N) is 1. The Bertz CT molecular complexity index is 972. The Kier molecular flexibility index (Phi) is 3.29. The maximum absolute atomic E-state index is 11.4. The molecule has 0 spiro atoms. The first-order chi connectivity index (χ1) is 12.7. The zero-order valence-electron chi connectivity index (χ0n) is 13.7. The molecular weight excluding hydrogens is 336 g/mol.